The fourth-order valence-electron chi connectivity index (χ4n) is 4.25. The van der Waals surface area contributed by atoms with Crippen LogP contribution in [0.25, 0.3) is 0 Å². The molecule has 2 atom stereocenters. The molecule has 0 spiro atoms. The molecule has 0 heterocycles. The van der Waals surface area contributed by atoms with Crippen LogP contribution >= 0.6 is 22.6 Å². The predicted octanol–water partition coefficient (Wildman–Crippen LogP) is 4.32. The Morgan fingerprint density at radius 1 is 0.929 bits per heavy atom. The van der Waals surface area contributed by atoms with Crippen molar-refractivity contribution in [3.05, 3.63) is 24.3 Å². The topological polar surface area (TPSA) is 0 Å². The second kappa shape index (κ2) is 15.8. The molecule has 28 heavy (non-hydrogen) atoms. The minimum Gasteiger partial charge on any atom is -1.00 e. The van der Waals surface area contributed by atoms with Crippen molar-refractivity contribution in [2.24, 2.45) is 5.92 Å². The average molecular weight is 520 g/mol. The fraction of sp³-hybridized carbons (Fsp3) is 0.760. The molecule has 1 aliphatic rings. The van der Waals surface area contributed by atoms with Crippen LogP contribution in [0.1, 0.15) is 85.0 Å². The van der Waals surface area contributed by atoms with E-state index in [1.807, 2.05) is 0 Å². The number of allylic oxidation sites excluding steroid dienone is 3. The third-order valence-electron chi connectivity index (χ3n) is 6.12. The Kier molecular flexibility index (Phi) is 15.8. The summed E-state index contributed by atoms with van der Waals surface area (Å²) in [6, 6.07) is 0. The van der Waals surface area contributed by atoms with Crippen molar-refractivity contribution in [1.29, 1.82) is 0 Å². The molecule has 0 aromatic rings. The van der Waals surface area contributed by atoms with Gasteiger partial charge in [-0.05, 0) is 37.5 Å². The van der Waals surface area contributed by atoms with E-state index in [0.717, 1.165) is 11.0 Å². The summed E-state index contributed by atoms with van der Waals surface area (Å²) in [5.41, 5.74) is 0. The molecular weight excluding hydrogens is 477 g/mol. The molecular formula is C25H43ClIN. The van der Waals surface area contributed by atoms with Crippen LogP contribution in [-0.2, 0) is 0 Å². The van der Waals surface area contributed by atoms with Crippen LogP contribution in [0.15, 0.2) is 24.3 Å². The van der Waals surface area contributed by atoms with E-state index < -0.39 is 0 Å². The summed E-state index contributed by atoms with van der Waals surface area (Å²) in [5, 5.41) is 0. The smallest absolute Gasteiger partial charge is 0.140 e. The Hall–Kier alpha value is 0.0200. The average Bonchev–Trinajstić information content (AvgIpc) is 2.64. The molecule has 0 aromatic heterocycles. The molecule has 0 saturated heterocycles. The van der Waals surface area contributed by atoms with E-state index in [9.17, 15) is 0 Å². The van der Waals surface area contributed by atoms with E-state index in [2.05, 4.69) is 73.6 Å². The van der Waals surface area contributed by atoms with E-state index in [1.54, 1.807) is 0 Å². The lowest BCUT2D eigenvalue weighted by Gasteiger charge is -2.44. The highest BCUT2D eigenvalue weighted by Crippen LogP contribution is 2.37. The van der Waals surface area contributed by atoms with Gasteiger partial charge in [0.1, 0.15) is 6.54 Å². The zero-order valence-corrected chi connectivity index (χ0v) is 21.5. The molecule has 0 amide bonds. The van der Waals surface area contributed by atoms with Gasteiger partial charge >= 0.3 is 0 Å². The number of nitrogens with zero attached hydrogens (tertiary/aromatic N) is 1. The highest BCUT2D eigenvalue weighted by atomic mass is 127. The van der Waals surface area contributed by atoms with Crippen LogP contribution in [0.2, 0.25) is 0 Å². The van der Waals surface area contributed by atoms with Crippen molar-refractivity contribution in [2.75, 3.05) is 26.2 Å². The van der Waals surface area contributed by atoms with E-state index in [0.29, 0.717) is 5.92 Å². The molecule has 1 nitrogen and oxygen atoms in total. The summed E-state index contributed by atoms with van der Waals surface area (Å²) in [4.78, 5) is 0. The maximum atomic E-state index is 5.90. The van der Waals surface area contributed by atoms with Gasteiger partial charge in [-0.2, -0.15) is 0 Å². The molecule has 0 saturated carbocycles. The summed E-state index contributed by atoms with van der Waals surface area (Å²) in [7, 11) is 0. The van der Waals surface area contributed by atoms with Gasteiger partial charge in [-0.1, -0.05) is 106 Å². The third kappa shape index (κ3) is 10.2. The number of quaternary nitrogens is 1. The molecule has 1 aliphatic carbocycles. The SMILES string of the molecule is C#CC[N+](CCCCCCC)(CCCCCCC)CC1(I)C=CC=CC1C.[Cl-]. The van der Waals surface area contributed by atoms with E-state index >= 15 is 0 Å². The van der Waals surface area contributed by atoms with Gasteiger partial charge in [-0.15, -0.1) is 6.42 Å². The minimum absolute atomic E-state index is 0. The second-order valence-electron chi connectivity index (χ2n) is 8.60. The highest BCUT2D eigenvalue weighted by Gasteiger charge is 2.40. The monoisotopic (exact) mass is 519 g/mol. The van der Waals surface area contributed by atoms with Crippen LogP contribution in [0.3, 0.4) is 0 Å². The molecule has 0 radical (unpaired) electrons. The van der Waals surface area contributed by atoms with Gasteiger partial charge < -0.3 is 16.9 Å². The number of halogens is 2. The molecule has 0 N–H and O–H groups in total. The second-order valence-corrected chi connectivity index (χ2v) is 10.6. The quantitative estimate of drug-likeness (QED) is 0.0994. The maximum absolute atomic E-state index is 5.90. The number of hydrogen-bond donors (Lipinski definition) is 0. The molecule has 0 aromatic carbocycles. The first kappa shape index (κ1) is 28.0. The Morgan fingerprint density at radius 3 is 1.93 bits per heavy atom. The standard InChI is InChI=1S/C25H43IN.ClH/c1-5-8-10-12-16-21-27(20-7-3,22-17-13-11-9-6-2)23-25(26)19-15-14-18-24(25)4;/h3,14-15,18-19,24H,5-6,8-13,16-17,20-23H2,1-2,4H3;1H/q+1;/p-1. The lowest BCUT2D eigenvalue weighted by Crippen LogP contribution is -3.00. The molecule has 162 valence electrons. The van der Waals surface area contributed by atoms with Crippen molar-refractivity contribution in [2.45, 2.75) is 88.4 Å². The van der Waals surface area contributed by atoms with Gasteiger partial charge in [0, 0.05) is 0 Å². The molecule has 2 unspecified atom stereocenters. The van der Waals surface area contributed by atoms with Crippen molar-refractivity contribution in [3.8, 4) is 12.3 Å². The van der Waals surface area contributed by atoms with Gasteiger partial charge in [0.25, 0.3) is 0 Å². The molecule has 3 heteroatoms. The molecule has 0 aliphatic heterocycles. The number of unbranched alkanes of at least 4 members (excludes halogenated alkanes) is 8. The Balaban J connectivity index is 0.00000729. The van der Waals surface area contributed by atoms with Crippen molar-refractivity contribution >= 4 is 22.6 Å². The summed E-state index contributed by atoms with van der Waals surface area (Å²) < 4.78 is 1.30. The Labute approximate surface area is 195 Å². The number of rotatable bonds is 15. The Bertz CT molecular complexity index is 479. The van der Waals surface area contributed by atoms with E-state index in [1.165, 1.54) is 83.8 Å². The maximum Gasteiger partial charge on any atom is 0.140 e. The summed E-state index contributed by atoms with van der Waals surface area (Å²) in [5.74, 6) is 3.63. The normalized spacial score (nSPS) is 21.3. The van der Waals surface area contributed by atoms with Gasteiger partial charge in [0.2, 0.25) is 0 Å². The molecule has 0 bridgehead atoms. The van der Waals surface area contributed by atoms with Crippen molar-refractivity contribution < 1.29 is 16.9 Å². The van der Waals surface area contributed by atoms with Gasteiger partial charge in [-0.3, -0.25) is 0 Å². The predicted molar refractivity (Wildman–Crippen MR) is 130 cm³/mol. The summed E-state index contributed by atoms with van der Waals surface area (Å²) >= 11 is 2.71. The lowest BCUT2D eigenvalue weighted by atomic mass is 9.88. The largest absolute Gasteiger partial charge is 1.00 e. The van der Waals surface area contributed by atoms with Crippen LogP contribution in [-0.4, -0.2) is 34.1 Å². The van der Waals surface area contributed by atoms with Gasteiger partial charge in [0.15, 0.2) is 0 Å². The van der Waals surface area contributed by atoms with Crippen LogP contribution in [0, 0.1) is 18.3 Å². The first-order valence-electron chi connectivity index (χ1n) is 11.4. The van der Waals surface area contributed by atoms with Crippen molar-refractivity contribution in [1.82, 2.24) is 0 Å². The number of hydrogen-bond acceptors (Lipinski definition) is 0. The van der Waals surface area contributed by atoms with Gasteiger partial charge in [0.05, 0.1) is 23.1 Å². The zero-order valence-electron chi connectivity index (χ0n) is 18.6. The first-order valence-corrected chi connectivity index (χ1v) is 12.4. The first-order chi connectivity index (χ1) is 13.0. The minimum atomic E-state index is 0. The third-order valence-corrected chi connectivity index (χ3v) is 7.80. The van der Waals surface area contributed by atoms with E-state index in [4.69, 9.17) is 6.42 Å². The van der Waals surface area contributed by atoms with Crippen LogP contribution in [0.4, 0.5) is 0 Å². The molecule has 0 fully saturated rings. The van der Waals surface area contributed by atoms with Crippen molar-refractivity contribution in [3.63, 3.8) is 0 Å². The summed E-state index contributed by atoms with van der Waals surface area (Å²) in [6.45, 7) is 11.5. The van der Waals surface area contributed by atoms with E-state index in [-0.39, 0.29) is 15.8 Å². The van der Waals surface area contributed by atoms with Crippen LogP contribution < -0.4 is 12.4 Å². The number of terminal acetylenes is 1. The highest BCUT2D eigenvalue weighted by molar-refractivity contribution is 14.1. The molecule has 1 rings (SSSR count). The zero-order chi connectivity index (χ0) is 20.0. The number of alkyl halides is 1. The fourth-order valence-corrected chi connectivity index (χ4v) is 5.39. The van der Waals surface area contributed by atoms with Gasteiger partial charge in [-0.25, -0.2) is 0 Å². The summed E-state index contributed by atoms with van der Waals surface area (Å²) in [6.07, 6.45) is 28.6. The Morgan fingerprint density at radius 2 is 1.46 bits per heavy atom. The lowest BCUT2D eigenvalue weighted by molar-refractivity contribution is -0.923. The van der Waals surface area contributed by atoms with Crippen LogP contribution in [0.5, 0.6) is 0 Å².